The van der Waals surface area contributed by atoms with Crippen molar-refractivity contribution in [2.24, 2.45) is 0 Å². The molecular formula is C16H13Br2ClN2. The van der Waals surface area contributed by atoms with Gasteiger partial charge in [-0.3, -0.25) is 0 Å². The van der Waals surface area contributed by atoms with Crippen LogP contribution in [0.1, 0.15) is 11.4 Å². The fourth-order valence-electron chi connectivity index (χ4n) is 2.42. The standard InChI is InChI=1S/C16H13Br2ClN2/c17-12-3-1-2-11(8-12)10-21-15-9-13(18)4-5-14(15)20-16(21)6-7-19/h1-5,8-9H,6-7,10H2. The van der Waals surface area contributed by atoms with Crippen molar-refractivity contribution < 1.29 is 0 Å². The Balaban J connectivity index is 2.10. The topological polar surface area (TPSA) is 17.8 Å². The first-order chi connectivity index (χ1) is 10.2. The Morgan fingerprint density at radius 1 is 1.05 bits per heavy atom. The van der Waals surface area contributed by atoms with Gasteiger partial charge in [-0.15, -0.1) is 11.6 Å². The fraction of sp³-hybridized carbons (Fsp3) is 0.188. The number of hydrogen-bond donors (Lipinski definition) is 0. The highest BCUT2D eigenvalue weighted by Crippen LogP contribution is 2.23. The molecule has 5 heteroatoms. The van der Waals surface area contributed by atoms with Gasteiger partial charge in [-0.1, -0.05) is 44.0 Å². The molecule has 0 atom stereocenters. The van der Waals surface area contributed by atoms with Crippen LogP contribution in [0, 0.1) is 0 Å². The molecule has 1 heterocycles. The Morgan fingerprint density at radius 2 is 1.86 bits per heavy atom. The molecule has 0 bridgehead atoms. The Bertz CT molecular complexity index is 783. The molecule has 0 saturated carbocycles. The SMILES string of the molecule is ClCCc1nc2ccc(Br)cc2n1Cc1cccc(Br)c1. The van der Waals surface area contributed by atoms with E-state index in [0.29, 0.717) is 5.88 Å². The summed E-state index contributed by atoms with van der Waals surface area (Å²) >= 11 is 13.0. The summed E-state index contributed by atoms with van der Waals surface area (Å²) in [4.78, 5) is 4.71. The van der Waals surface area contributed by atoms with Crippen molar-refractivity contribution in [3.8, 4) is 0 Å². The predicted molar refractivity (Wildman–Crippen MR) is 95.1 cm³/mol. The van der Waals surface area contributed by atoms with E-state index in [1.165, 1.54) is 5.56 Å². The second-order valence-electron chi connectivity index (χ2n) is 4.82. The van der Waals surface area contributed by atoms with Crippen LogP contribution in [0.25, 0.3) is 11.0 Å². The highest BCUT2D eigenvalue weighted by atomic mass is 79.9. The van der Waals surface area contributed by atoms with Crippen LogP contribution in [0.4, 0.5) is 0 Å². The lowest BCUT2D eigenvalue weighted by Gasteiger charge is -2.09. The van der Waals surface area contributed by atoms with Crippen LogP contribution >= 0.6 is 43.5 Å². The first-order valence-corrected chi connectivity index (χ1v) is 8.74. The Morgan fingerprint density at radius 3 is 2.62 bits per heavy atom. The number of rotatable bonds is 4. The molecule has 0 N–H and O–H groups in total. The van der Waals surface area contributed by atoms with Gasteiger partial charge < -0.3 is 4.57 Å². The van der Waals surface area contributed by atoms with Crippen LogP contribution in [0.15, 0.2) is 51.4 Å². The minimum absolute atomic E-state index is 0.572. The molecule has 21 heavy (non-hydrogen) atoms. The molecule has 0 aliphatic carbocycles. The van der Waals surface area contributed by atoms with E-state index in [0.717, 1.165) is 38.8 Å². The number of alkyl halides is 1. The van der Waals surface area contributed by atoms with E-state index < -0.39 is 0 Å². The number of aryl methyl sites for hydroxylation is 1. The van der Waals surface area contributed by atoms with E-state index in [9.17, 15) is 0 Å². The number of aromatic nitrogens is 2. The normalized spacial score (nSPS) is 11.2. The van der Waals surface area contributed by atoms with Crippen molar-refractivity contribution in [1.29, 1.82) is 0 Å². The summed E-state index contributed by atoms with van der Waals surface area (Å²) in [5.41, 5.74) is 3.37. The van der Waals surface area contributed by atoms with Gasteiger partial charge in [-0.2, -0.15) is 0 Å². The van der Waals surface area contributed by atoms with E-state index in [-0.39, 0.29) is 0 Å². The van der Waals surface area contributed by atoms with Crippen molar-refractivity contribution in [2.75, 3.05) is 5.88 Å². The Labute approximate surface area is 145 Å². The van der Waals surface area contributed by atoms with Crippen LogP contribution < -0.4 is 0 Å². The van der Waals surface area contributed by atoms with E-state index in [4.69, 9.17) is 16.6 Å². The first-order valence-electron chi connectivity index (χ1n) is 6.62. The summed E-state index contributed by atoms with van der Waals surface area (Å²) < 4.78 is 4.39. The number of benzene rings is 2. The molecule has 108 valence electrons. The lowest BCUT2D eigenvalue weighted by Crippen LogP contribution is -2.06. The first kappa shape index (κ1) is 15.1. The molecule has 0 aliphatic rings. The summed E-state index contributed by atoms with van der Waals surface area (Å²) in [6.07, 6.45) is 0.766. The van der Waals surface area contributed by atoms with Gasteiger partial charge in [0.1, 0.15) is 5.82 Å². The van der Waals surface area contributed by atoms with Crippen LogP contribution in [-0.2, 0) is 13.0 Å². The van der Waals surface area contributed by atoms with Crippen molar-refractivity contribution in [3.05, 3.63) is 62.8 Å². The van der Waals surface area contributed by atoms with Crippen molar-refractivity contribution in [3.63, 3.8) is 0 Å². The van der Waals surface area contributed by atoms with Crippen molar-refractivity contribution in [2.45, 2.75) is 13.0 Å². The third-order valence-electron chi connectivity index (χ3n) is 3.34. The monoisotopic (exact) mass is 426 g/mol. The third-order valence-corrected chi connectivity index (χ3v) is 4.51. The maximum atomic E-state index is 5.92. The average Bonchev–Trinajstić information content (AvgIpc) is 2.77. The second-order valence-corrected chi connectivity index (χ2v) is 7.03. The summed E-state index contributed by atoms with van der Waals surface area (Å²) in [5, 5.41) is 0. The summed E-state index contributed by atoms with van der Waals surface area (Å²) in [6.45, 7) is 0.790. The second kappa shape index (κ2) is 6.51. The predicted octanol–water partition coefficient (Wildman–Crippen LogP) is 5.39. The Kier molecular flexibility index (Phi) is 4.67. The molecular weight excluding hydrogens is 415 g/mol. The number of nitrogens with zero attached hydrogens (tertiary/aromatic N) is 2. The van der Waals surface area contributed by atoms with Gasteiger partial charge >= 0.3 is 0 Å². The molecule has 0 amide bonds. The number of halogens is 3. The van der Waals surface area contributed by atoms with Gasteiger partial charge in [0.25, 0.3) is 0 Å². The summed E-state index contributed by atoms with van der Waals surface area (Å²) in [7, 11) is 0. The average molecular weight is 429 g/mol. The van der Waals surface area contributed by atoms with Crippen LogP contribution in [0.5, 0.6) is 0 Å². The molecule has 2 aromatic carbocycles. The third kappa shape index (κ3) is 3.33. The van der Waals surface area contributed by atoms with Gasteiger partial charge in [0.05, 0.1) is 11.0 Å². The smallest absolute Gasteiger partial charge is 0.111 e. The van der Waals surface area contributed by atoms with E-state index in [1.807, 2.05) is 18.2 Å². The maximum Gasteiger partial charge on any atom is 0.111 e. The maximum absolute atomic E-state index is 5.92. The molecule has 0 saturated heterocycles. The molecule has 0 unspecified atom stereocenters. The number of fused-ring (bicyclic) bond motifs is 1. The zero-order valence-corrected chi connectivity index (χ0v) is 15.1. The van der Waals surface area contributed by atoms with Crippen LogP contribution in [0.3, 0.4) is 0 Å². The highest BCUT2D eigenvalue weighted by molar-refractivity contribution is 9.10. The molecule has 0 spiro atoms. The molecule has 0 fully saturated rings. The lowest BCUT2D eigenvalue weighted by molar-refractivity contribution is 0.754. The van der Waals surface area contributed by atoms with Gasteiger partial charge in [-0.05, 0) is 35.9 Å². The quantitative estimate of drug-likeness (QED) is 0.510. The van der Waals surface area contributed by atoms with Crippen molar-refractivity contribution in [1.82, 2.24) is 9.55 Å². The van der Waals surface area contributed by atoms with E-state index in [2.05, 4.69) is 60.7 Å². The summed E-state index contributed by atoms with van der Waals surface area (Å²) in [6, 6.07) is 14.5. The van der Waals surface area contributed by atoms with Gasteiger partial charge in [0.15, 0.2) is 0 Å². The zero-order chi connectivity index (χ0) is 14.8. The molecule has 2 nitrogen and oxygen atoms in total. The highest BCUT2D eigenvalue weighted by Gasteiger charge is 2.11. The minimum atomic E-state index is 0.572. The molecule has 0 aliphatic heterocycles. The molecule has 1 aromatic heterocycles. The fourth-order valence-corrected chi connectivity index (χ4v) is 3.38. The van der Waals surface area contributed by atoms with Gasteiger partial charge in [0, 0.05) is 27.8 Å². The van der Waals surface area contributed by atoms with Crippen LogP contribution in [0.2, 0.25) is 0 Å². The Hall–Kier alpha value is -0.840. The number of hydrogen-bond acceptors (Lipinski definition) is 1. The number of imidazole rings is 1. The molecule has 0 radical (unpaired) electrons. The van der Waals surface area contributed by atoms with E-state index >= 15 is 0 Å². The molecule has 3 aromatic rings. The van der Waals surface area contributed by atoms with Crippen LogP contribution in [-0.4, -0.2) is 15.4 Å². The van der Waals surface area contributed by atoms with Gasteiger partial charge in [-0.25, -0.2) is 4.98 Å². The van der Waals surface area contributed by atoms with Crippen molar-refractivity contribution >= 4 is 54.5 Å². The zero-order valence-electron chi connectivity index (χ0n) is 11.2. The summed E-state index contributed by atoms with van der Waals surface area (Å²) in [5.74, 6) is 1.60. The minimum Gasteiger partial charge on any atom is -0.323 e. The van der Waals surface area contributed by atoms with E-state index in [1.54, 1.807) is 0 Å². The lowest BCUT2D eigenvalue weighted by atomic mass is 10.2. The molecule has 3 rings (SSSR count). The van der Waals surface area contributed by atoms with Gasteiger partial charge in [0.2, 0.25) is 0 Å². The largest absolute Gasteiger partial charge is 0.323 e.